The van der Waals surface area contributed by atoms with Crippen molar-refractivity contribution in [1.29, 1.82) is 0 Å². The summed E-state index contributed by atoms with van der Waals surface area (Å²) in [5.74, 6) is -4.87. The van der Waals surface area contributed by atoms with Crippen LogP contribution in [0.15, 0.2) is 4.99 Å². The molecule has 18 atom stereocenters. The number of carbonyl (C=O) groups is 2. The van der Waals surface area contributed by atoms with Gasteiger partial charge in [-0.2, -0.15) is 4.99 Å². The third-order valence-electron chi connectivity index (χ3n) is 12.1. The number of ether oxygens (including phenoxy) is 6. The molecule has 3 aliphatic rings. The van der Waals surface area contributed by atoms with Crippen LogP contribution in [0.25, 0.3) is 0 Å². The number of aliphatic hydroxyl groups excluding tert-OH is 3. The molecule has 0 amide bonds. The van der Waals surface area contributed by atoms with Gasteiger partial charge < -0.3 is 58.9 Å². The highest BCUT2D eigenvalue weighted by molar-refractivity contribution is 5.84. The summed E-state index contributed by atoms with van der Waals surface area (Å²) in [6.07, 6.45) is -10.4. The number of isocyanates is 1. The minimum absolute atomic E-state index is 0.00978. The number of Topliss-reactive ketones (excluding diaryl/α,β-unsaturated/α-hetero) is 1. The van der Waals surface area contributed by atoms with E-state index in [4.69, 9.17) is 28.4 Å². The quantitative estimate of drug-likeness (QED) is 0.133. The second-order valence-corrected chi connectivity index (χ2v) is 17.0. The third kappa shape index (κ3) is 9.43. The number of methoxy groups -OCH3 is 1. The number of cyclic esters (lactones) is 1. The highest BCUT2D eigenvalue weighted by Gasteiger charge is 2.58. The van der Waals surface area contributed by atoms with Crippen molar-refractivity contribution >= 4 is 17.8 Å². The number of carbonyl (C=O) groups excluding carboxylic acids is 3. The fourth-order valence-corrected chi connectivity index (χ4v) is 8.64. The molecule has 0 saturated carbocycles. The lowest BCUT2D eigenvalue weighted by Gasteiger charge is -2.50. The average molecular weight is 775 g/mol. The molecule has 3 fully saturated rings. The Morgan fingerprint density at radius 3 is 2.07 bits per heavy atom. The number of hydrogen-bond donors (Lipinski definition) is 5. The van der Waals surface area contributed by atoms with E-state index >= 15 is 0 Å². The normalized spacial score (nSPS) is 48.8. The van der Waals surface area contributed by atoms with Gasteiger partial charge >= 0.3 is 5.97 Å². The van der Waals surface area contributed by atoms with Gasteiger partial charge in [0.1, 0.15) is 35.8 Å². The summed E-state index contributed by atoms with van der Waals surface area (Å²) in [5, 5.41) is 58.0. The first-order chi connectivity index (χ1) is 24.8. The Balaban J connectivity index is 2.32. The van der Waals surface area contributed by atoms with E-state index in [0.29, 0.717) is 6.42 Å². The molecule has 312 valence electrons. The number of esters is 1. The van der Waals surface area contributed by atoms with Crippen molar-refractivity contribution < 1.29 is 68.3 Å². The van der Waals surface area contributed by atoms with Gasteiger partial charge in [-0.15, -0.1) is 0 Å². The van der Waals surface area contributed by atoms with E-state index in [-0.39, 0.29) is 25.4 Å². The van der Waals surface area contributed by atoms with Crippen LogP contribution in [-0.2, 0) is 42.8 Å². The maximum Gasteiger partial charge on any atom is 0.337 e. The zero-order chi connectivity index (χ0) is 41.3. The fourth-order valence-electron chi connectivity index (χ4n) is 8.64. The molecule has 0 aromatic heterocycles. The zero-order valence-corrected chi connectivity index (χ0v) is 34.2. The summed E-state index contributed by atoms with van der Waals surface area (Å²) in [4.78, 5) is 46.4. The zero-order valence-electron chi connectivity index (χ0n) is 34.2. The Labute approximate surface area is 319 Å². The standard InChI is InChI=1S/C38H66N2O14/c1-14-25-38(10,48)29(44)21(4)27(42)19(2)16-35(7,47)31(54-33-28(43)24(40(11)12)15-20(3)50-33)22(5)32(37(9,39-18-41)34(46)52-25)53-26-17-36(8,49-13)30(45)23(6)51-26/h19-26,28-33,43-45,47-48H,14-17H2,1-13H3/t19-,20+,21+,22-,23+,24-,25-,26?,28+,29-,30+,31-,32+,33?,35-,36-,37+,38-/m1/s1. The van der Waals surface area contributed by atoms with Crippen molar-refractivity contribution in [3.05, 3.63) is 0 Å². The van der Waals surface area contributed by atoms with Gasteiger partial charge in [-0.1, -0.05) is 27.7 Å². The Kier molecular flexibility index (Phi) is 15.2. The van der Waals surface area contributed by atoms with Gasteiger partial charge in [-0.25, -0.2) is 9.59 Å². The van der Waals surface area contributed by atoms with Crippen molar-refractivity contribution in [2.24, 2.45) is 22.7 Å². The van der Waals surface area contributed by atoms with Gasteiger partial charge in [-0.05, 0) is 74.9 Å². The van der Waals surface area contributed by atoms with E-state index in [1.165, 1.54) is 40.9 Å². The van der Waals surface area contributed by atoms with Gasteiger partial charge in [0.05, 0.1) is 35.6 Å². The van der Waals surface area contributed by atoms with Crippen LogP contribution in [-0.4, -0.2) is 159 Å². The van der Waals surface area contributed by atoms with Crippen LogP contribution in [0.1, 0.15) is 94.9 Å². The number of ketones is 1. The van der Waals surface area contributed by atoms with Crippen molar-refractivity contribution in [2.75, 3.05) is 21.2 Å². The summed E-state index contributed by atoms with van der Waals surface area (Å²) >= 11 is 0. The first-order valence-corrected chi connectivity index (χ1v) is 19.0. The minimum atomic E-state index is -2.28. The Morgan fingerprint density at radius 2 is 1.54 bits per heavy atom. The highest BCUT2D eigenvalue weighted by atomic mass is 16.7. The lowest BCUT2D eigenvalue weighted by atomic mass is 9.73. The molecule has 16 nitrogen and oxygen atoms in total. The average Bonchev–Trinajstić information content (AvgIpc) is 3.09. The van der Waals surface area contributed by atoms with Crippen molar-refractivity contribution in [3.63, 3.8) is 0 Å². The molecular formula is C38H66N2O14. The lowest BCUT2D eigenvalue weighted by molar-refractivity contribution is -0.318. The van der Waals surface area contributed by atoms with Crippen LogP contribution < -0.4 is 0 Å². The summed E-state index contributed by atoms with van der Waals surface area (Å²) in [6.45, 7) is 15.3. The maximum absolute atomic E-state index is 14.5. The summed E-state index contributed by atoms with van der Waals surface area (Å²) in [5.41, 5.74) is -7.56. The van der Waals surface area contributed by atoms with Crippen LogP contribution in [0.5, 0.6) is 0 Å². The van der Waals surface area contributed by atoms with Crippen molar-refractivity contribution in [3.8, 4) is 0 Å². The molecule has 16 heteroatoms. The van der Waals surface area contributed by atoms with Crippen molar-refractivity contribution in [1.82, 2.24) is 4.90 Å². The second-order valence-electron chi connectivity index (χ2n) is 17.0. The first kappa shape index (κ1) is 46.5. The maximum atomic E-state index is 14.5. The van der Waals surface area contributed by atoms with E-state index < -0.39 is 113 Å². The molecule has 5 N–H and O–H groups in total. The number of rotatable bonds is 8. The monoisotopic (exact) mass is 774 g/mol. The molecule has 0 aliphatic carbocycles. The Hall–Kier alpha value is -1.92. The fraction of sp³-hybridized carbons (Fsp3) is 0.921. The van der Waals surface area contributed by atoms with E-state index in [9.17, 15) is 39.9 Å². The smallest absolute Gasteiger partial charge is 0.337 e. The second kappa shape index (κ2) is 17.7. The topological polar surface area (TPSA) is 223 Å². The molecule has 54 heavy (non-hydrogen) atoms. The molecule has 3 rings (SSSR count). The van der Waals surface area contributed by atoms with Crippen LogP contribution >= 0.6 is 0 Å². The summed E-state index contributed by atoms with van der Waals surface area (Å²) in [6, 6.07) is -0.402. The van der Waals surface area contributed by atoms with Crippen LogP contribution in [0.2, 0.25) is 0 Å². The molecule has 0 radical (unpaired) electrons. The number of aliphatic imine (C=N–C) groups is 1. The summed E-state index contributed by atoms with van der Waals surface area (Å²) < 4.78 is 37.0. The number of hydrogen-bond acceptors (Lipinski definition) is 16. The van der Waals surface area contributed by atoms with E-state index in [1.54, 1.807) is 48.7 Å². The first-order valence-electron chi connectivity index (χ1n) is 19.0. The molecule has 2 unspecified atom stereocenters. The van der Waals surface area contributed by atoms with Crippen LogP contribution in [0.4, 0.5) is 0 Å². The van der Waals surface area contributed by atoms with Gasteiger partial charge in [0, 0.05) is 37.3 Å². The number of aliphatic hydroxyl groups is 5. The molecule has 0 aromatic rings. The number of nitrogens with zero attached hydrogens (tertiary/aromatic N) is 2. The Morgan fingerprint density at radius 1 is 0.926 bits per heavy atom. The molecule has 0 spiro atoms. The van der Waals surface area contributed by atoms with Crippen LogP contribution in [0.3, 0.4) is 0 Å². The van der Waals surface area contributed by atoms with E-state index in [0.717, 1.165) is 0 Å². The largest absolute Gasteiger partial charge is 0.457 e. The Bertz CT molecular complexity index is 1340. The lowest BCUT2D eigenvalue weighted by Crippen LogP contribution is -2.64. The van der Waals surface area contributed by atoms with Gasteiger partial charge in [0.25, 0.3) is 0 Å². The molecule has 3 heterocycles. The van der Waals surface area contributed by atoms with Crippen molar-refractivity contribution in [2.45, 2.75) is 185 Å². The molecule has 3 aliphatic heterocycles. The van der Waals surface area contributed by atoms with E-state index in [2.05, 4.69) is 4.99 Å². The third-order valence-corrected chi connectivity index (χ3v) is 12.1. The summed E-state index contributed by atoms with van der Waals surface area (Å²) in [7, 11) is 5.04. The van der Waals surface area contributed by atoms with Gasteiger partial charge in [0.15, 0.2) is 18.1 Å². The number of likely N-dealkylation sites (N-methyl/N-ethyl adjacent to an activating group) is 1. The van der Waals surface area contributed by atoms with Gasteiger partial charge in [-0.3, -0.25) is 4.79 Å². The molecule has 0 bridgehead atoms. The van der Waals surface area contributed by atoms with E-state index in [1.807, 2.05) is 11.8 Å². The highest BCUT2D eigenvalue weighted by Crippen LogP contribution is 2.42. The van der Waals surface area contributed by atoms with Crippen LogP contribution in [0, 0.1) is 17.8 Å². The molecular weight excluding hydrogens is 708 g/mol. The predicted octanol–water partition coefficient (Wildman–Crippen LogP) is 1.24. The molecule has 0 aromatic carbocycles. The molecule has 3 saturated heterocycles. The minimum Gasteiger partial charge on any atom is -0.457 e. The SMILES string of the molecule is CC[C@H]1OC(=O)[C@@](C)(N=C=O)[C@@H](OC2C[C@@](C)(OC)[C@@H](O)[C@H](C)O2)[C@H](C)[C@@H](OC2O[C@@H](C)C[C@@H](N(C)C)[C@@H]2O)[C@](C)(O)C[C@@H](C)C(=O)[C@H](C)[C@@H](O)[C@]1(C)O. The van der Waals surface area contributed by atoms with Gasteiger partial charge in [0.2, 0.25) is 6.08 Å². The predicted molar refractivity (Wildman–Crippen MR) is 194 cm³/mol.